The van der Waals surface area contributed by atoms with Crippen LogP contribution in [0.15, 0.2) is 6.20 Å². The molecule has 18 heavy (non-hydrogen) atoms. The summed E-state index contributed by atoms with van der Waals surface area (Å²) in [4.78, 5) is 2.80. The minimum Gasteiger partial charge on any atom is -0.503 e. The first-order valence-electron chi connectivity index (χ1n) is 4.16. The molecule has 1 N–H and O–H groups in total. The third-order valence-corrected chi connectivity index (χ3v) is 2.00. The van der Waals surface area contributed by atoms with Crippen molar-refractivity contribution >= 4 is 11.6 Å². The van der Waals surface area contributed by atoms with Crippen LogP contribution in [0.4, 0.5) is 26.3 Å². The lowest BCUT2D eigenvalue weighted by Crippen LogP contribution is -2.19. The van der Waals surface area contributed by atoms with Gasteiger partial charge in [0.15, 0.2) is 17.2 Å². The molecule has 0 fully saturated rings. The van der Waals surface area contributed by atoms with E-state index in [4.69, 9.17) is 16.7 Å². The Morgan fingerprint density at radius 2 is 1.78 bits per heavy atom. The first-order valence-corrected chi connectivity index (χ1v) is 4.69. The van der Waals surface area contributed by atoms with Crippen molar-refractivity contribution in [1.82, 2.24) is 4.98 Å². The maximum absolute atomic E-state index is 12.3. The van der Waals surface area contributed by atoms with Crippen LogP contribution in [0.25, 0.3) is 0 Å². The zero-order chi connectivity index (χ0) is 14.1. The van der Waals surface area contributed by atoms with Crippen molar-refractivity contribution in [2.45, 2.75) is 18.4 Å². The monoisotopic (exact) mass is 295 g/mol. The highest BCUT2D eigenvalue weighted by Crippen LogP contribution is 2.43. The Balaban J connectivity index is 3.37. The molecule has 1 aromatic heterocycles. The molecule has 102 valence electrons. The fourth-order valence-electron chi connectivity index (χ4n) is 1.05. The average molecular weight is 296 g/mol. The number of pyridine rings is 1. The van der Waals surface area contributed by atoms with Gasteiger partial charge in [-0.05, 0) is 0 Å². The number of rotatable bonds is 2. The lowest BCUT2D eigenvalue weighted by molar-refractivity contribution is -0.275. The van der Waals surface area contributed by atoms with Gasteiger partial charge in [-0.1, -0.05) is 0 Å². The van der Waals surface area contributed by atoms with E-state index < -0.39 is 41.2 Å². The highest BCUT2D eigenvalue weighted by molar-refractivity contribution is 6.17. The number of halogens is 7. The fraction of sp³-hybridized carbons (Fsp3) is 0.375. The molecule has 0 aliphatic carbocycles. The third kappa shape index (κ3) is 3.31. The van der Waals surface area contributed by atoms with Gasteiger partial charge < -0.3 is 9.84 Å². The van der Waals surface area contributed by atoms with Gasteiger partial charge in [0.1, 0.15) is 0 Å². The van der Waals surface area contributed by atoms with Gasteiger partial charge in [0.25, 0.3) is 0 Å². The Morgan fingerprint density at radius 3 is 2.17 bits per heavy atom. The molecule has 0 bridgehead atoms. The van der Waals surface area contributed by atoms with Crippen molar-refractivity contribution in [3.63, 3.8) is 0 Å². The van der Waals surface area contributed by atoms with Crippen LogP contribution in [0, 0.1) is 0 Å². The van der Waals surface area contributed by atoms with Crippen LogP contribution < -0.4 is 4.74 Å². The van der Waals surface area contributed by atoms with E-state index >= 15 is 0 Å². The van der Waals surface area contributed by atoms with Gasteiger partial charge in [0.2, 0.25) is 0 Å². The highest BCUT2D eigenvalue weighted by Gasteiger charge is 2.40. The van der Waals surface area contributed by atoms with Crippen LogP contribution in [-0.4, -0.2) is 16.5 Å². The summed E-state index contributed by atoms with van der Waals surface area (Å²) in [6.07, 6.45) is -9.92. The van der Waals surface area contributed by atoms with Crippen molar-refractivity contribution in [3.05, 3.63) is 17.5 Å². The number of alkyl halides is 7. The molecule has 3 nitrogen and oxygen atoms in total. The van der Waals surface area contributed by atoms with Crippen LogP contribution in [0.3, 0.4) is 0 Å². The Hall–Kier alpha value is -1.38. The molecule has 0 saturated heterocycles. The molecule has 0 aromatic carbocycles. The quantitative estimate of drug-likeness (QED) is 0.671. The standard InChI is InChI=1S/C8H4ClF6NO2/c9-1-3-2-16-6(7(10,11)12)4(17)5(3)18-8(13,14)15/h2,17H,1H2. The van der Waals surface area contributed by atoms with Crippen LogP contribution >= 0.6 is 11.6 Å². The fourth-order valence-corrected chi connectivity index (χ4v) is 1.24. The van der Waals surface area contributed by atoms with Gasteiger partial charge in [-0.15, -0.1) is 24.8 Å². The van der Waals surface area contributed by atoms with Crippen molar-refractivity contribution < 1.29 is 36.2 Å². The second-order valence-electron chi connectivity index (χ2n) is 2.99. The minimum atomic E-state index is -5.26. The number of aromatic hydroxyl groups is 1. The SMILES string of the molecule is Oc1c(C(F)(F)F)ncc(CCl)c1OC(F)(F)F. The maximum atomic E-state index is 12.3. The predicted octanol–water partition coefficient (Wildman–Crippen LogP) is 3.44. The zero-order valence-corrected chi connectivity index (χ0v) is 8.99. The summed E-state index contributed by atoms with van der Waals surface area (Å²) in [5.74, 6) is -3.76. The van der Waals surface area contributed by atoms with Crippen LogP contribution in [0.1, 0.15) is 11.3 Å². The minimum absolute atomic E-state index is 0.455. The molecule has 0 unspecified atom stereocenters. The van der Waals surface area contributed by atoms with Crippen molar-refractivity contribution in [2.75, 3.05) is 0 Å². The third-order valence-electron chi connectivity index (χ3n) is 1.71. The summed E-state index contributed by atoms with van der Waals surface area (Å²) >= 11 is 5.22. The van der Waals surface area contributed by atoms with E-state index in [0.717, 1.165) is 0 Å². The highest BCUT2D eigenvalue weighted by atomic mass is 35.5. The summed E-state index contributed by atoms with van der Waals surface area (Å²) in [5.41, 5.74) is -2.39. The number of ether oxygens (including phenoxy) is 1. The van der Waals surface area contributed by atoms with Gasteiger partial charge in [-0.2, -0.15) is 13.2 Å². The molecule has 0 saturated carbocycles. The molecule has 1 heterocycles. The normalized spacial score (nSPS) is 12.6. The van der Waals surface area contributed by atoms with Crippen molar-refractivity contribution in [1.29, 1.82) is 0 Å². The Bertz CT molecular complexity index is 444. The van der Waals surface area contributed by atoms with E-state index in [-0.39, 0.29) is 0 Å². The summed E-state index contributed by atoms with van der Waals surface area (Å²) in [6, 6.07) is 0. The van der Waals surface area contributed by atoms with Crippen molar-refractivity contribution in [3.8, 4) is 11.5 Å². The number of hydrogen-bond donors (Lipinski definition) is 1. The number of nitrogens with zero attached hydrogens (tertiary/aromatic N) is 1. The van der Waals surface area contributed by atoms with Gasteiger partial charge >= 0.3 is 12.5 Å². The molecule has 0 radical (unpaired) electrons. The van der Waals surface area contributed by atoms with Gasteiger partial charge in [-0.25, -0.2) is 4.98 Å². The number of hydrogen-bond acceptors (Lipinski definition) is 3. The molecule has 0 amide bonds. The Morgan fingerprint density at radius 1 is 1.22 bits per heavy atom. The van der Waals surface area contributed by atoms with E-state index in [1.165, 1.54) is 0 Å². The summed E-state index contributed by atoms with van der Waals surface area (Å²) in [6.45, 7) is 0. The molecular weight excluding hydrogens is 292 g/mol. The first kappa shape index (κ1) is 14.7. The smallest absolute Gasteiger partial charge is 0.503 e. The topological polar surface area (TPSA) is 42.4 Å². The van der Waals surface area contributed by atoms with E-state index in [1.54, 1.807) is 0 Å². The molecule has 0 aliphatic rings. The molecule has 0 spiro atoms. The van der Waals surface area contributed by atoms with E-state index in [9.17, 15) is 26.3 Å². The largest absolute Gasteiger partial charge is 0.573 e. The second kappa shape index (κ2) is 4.71. The molecule has 1 aromatic rings. The molecule has 1 rings (SSSR count). The number of aromatic nitrogens is 1. The summed E-state index contributed by atoms with van der Waals surface area (Å²) < 4.78 is 76.2. The maximum Gasteiger partial charge on any atom is 0.573 e. The van der Waals surface area contributed by atoms with Crippen LogP contribution in [0.5, 0.6) is 11.5 Å². The van der Waals surface area contributed by atoms with Crippen LogP contribution in [-0.2, 0) is 12.1 Å². The van der Waals surface area contributed by atoms with Crippen LogP contribution in [0.2, 0.25) is 0 Å². The second-order valence-corrected chi connectivity index (χ2v) is 3.26. The predicted molar refractivity (Wildman–Crippen MR) is 47.1 cm³/mol. The van der Waals surface area contributed by atoms with E-state index in [1.807, 2.05) is 0 Å². The van der Waals surface area contributed by atoms with Gasteiger partial charge in [0.05, 0.1) is 5.88 Å². The first-order chi connectivity index (χ1) is 8.06. The molecule has 0 atom stereocenters. The van der Waals surface area contributed by atoms with Gasteiger partial charge in [-0.3, -0.25) is 0 Å². The van der Waals surface area contributed by atoms with Gasteiger partial charge in [0, 0.05) is 11.8 Å². The summed E-state index contributed by atoms with van der Waals surface area (Å²) in [7, 11) is 0. The Labute approximate surface area is 101 Å². The zero-order valence-electron chi connectivity index (χ0n) is 8.23. The lowest BCUT2D eigenvalue weighted by atomic mass is 10.2. The lowest BCUT2D eigenvalue weighted by Gasteiger charge is -2.16. The molecular formula is C8H4ClF6NO2. The van der Waals surface area contributed by atoms with E-state index in [2.05, 4.69) is 9.72 Å². The molecule has 10 heteroatoms. The Kier molecular flexibility index (Phi) is 3.84. The summed E-state index contributed by atoms with van der Waals surface area (Å²) in [5, 5.41) is 9.13. The molecule has 0 aliphatic heterocycles. The van der Waals surface area contributed by atoms with Crippen molar-refractivity contribution in [2.24, 2.45) is 0 Å². The van der Waals surface area contributed by atoms with E-state index in [0.29, 0.717) is 6.20 Å². The average Bonchev–Trinajstić information content (AvgIpc) is 2.17.